The van der Waals surface area contributed by atoms with Crippen molar-refractivity contribution in [3.8, 4) is 12.3 Å². The highest BCUT2D eigenvalue weighted by atomic mass is 16.2. The predicted molar refractivity (Wildman–Crippen MR) is 45.1 cm³/mol. The normalized spacial score (nSPS) is 10.0. The van der Waals surface area contributed by atoms with E-state index in [0.29, 0.717) is 0 Å². The Morgan fingerprint density at radius 2 is 2.09 bits per heavy atom. The highest BCUT2D eigenvalue weighted by Crippen LogP contribution is 1.96. The number of rotatable bonds is 1. The van der Waals surface area contributed by atoms with Crippen LogP contribution in [-0.2, 0) is 0 Å². The molecule has 0 rings (SSSR count). The molecular weight excluding hydrogens is 140 g/mol. The van der Waals surface area contributed by atoms with Crippen molar-refractivity contribution in [2.45, 2.75) is 26.3 Å². The summed E-state index contributed by atoms with van der Waals surface area (Å²) in [7, 11) is 0. The van der Waals surface area contributed by atoms with Crippen LogP contribution in [0.25, 0.3) is 0 Å². The fraction of sp³-hybridized carbons (Fsp3) is 0.625. The fourth-order valence-corrected chi connectivity index (χ4v) is 0.516. The molecule has 0 fully saturated rings. The third kappa shape index (κ3) is 6.72. The third-order valence-corrected chi connectivity index (χ3v) is 0.840. The van der Waals surface area contributed by atoms with Crippen LogP contribution in [0.1, 0.15) is 20.8 Å². The SMILES string of the molecule is C#CCNC(=O)NC(C)(C)C. The molecule has 0 aromatic carbocycles. The summed E-state index contributed by atoms with van der Waals surface area (Å²) in [5.74, 6) is 2.31. The molecule has 2 N–H and O–H groups in total. The summed E-state index contributed by atoms with van der Waals surface area (Å²) in [6, 6.07) is -0.226. The molecular formula is C8H14N2O. The molecule has 0 heterocycles. The quantitative estimate of drug-likeness (QED) is 0.537. The molecule has 11 heavy (non-hydrogen) atoms. The summed E-state index contributed by atoms with van der Waals surface area (Å²) >= 11 is 0. The number of terminal acetylenes is 1. The van der Waals surface area contributed by atoms with Gasteiger partial charge in [-0.1, -0.05) is 5.92 Å². The lowest BCUT2D eigenvalue weighted by atomic mass is 10.1. The van der Waals surface area contributed by atoms with Crippen molar-refractivity contribution in [2.75, 3.05) is 6.54 Å². The number of amides is 2. The second-order valence-corrected chi connectivity index (χ2v) is 3.26. The van der Waals surface area contributed by atoms with E-state index in [0.717, 1.165) is 0 Å². The maximum absolute atomic E-state index is 10.9. The highest BCUT2D eigenvalue weighted by Gasteiger charge is 2.11. The van der Waals surface area contributed by atoms with Gasteiger partial charge in [0.05, 0.1) is 6.54 Å². The van der Waals surface area contributed by atoms with Gasteiger partial charge < -0.3 is 10.6 Å². The van der Waals surface area contributed by atoms with Gasteiger partial charge in [0.25, 0.3) is 0 Å². The number of nitrogens with one attached hydrogen (secondary N) is 2. The number of hydrogen-bond acceptors (Lipinski definition) is 1. The summed E-state index contributed by atoms with van der Waals surface area (Å²) < 4.78 is 0. The van der Waals surface area contributed by atoms with Crippen LogP contribution < -0.4 is 10.6 Å². The van der Waals surface area contributed by atoms with Crippen molar-refractivity contribution in [2.24, 2.45) is 0 Å². The summed E-state index contributed by atoms with van der Waals surface area (Å²) in [4.78, 5) is 10.9. The van der Waals surface area contributed by atoms with E-state index in [1.165, 1.54) is 0 Å². The van der Waals surface area contributed by atoms with Gasteiger partial charge in [-0.2, -0.15) is 0 Å². The Balaban J connectivity index is 3.64. The fourth-order valence-electron chi connectivity index (χ4n) is 0.516. The molecule has 0 saturated carbocycles. The molecule has 3 heteroatoms. The Morgan fingerprint density at radius 3 is 2.45 bits per heavy atom. The molecule has 0 radical (unpaired) electrons. The zero-order valence-electron chi connectivity index (χ0n) is 7.19. The summed E-state index contributed by atoms with van der Waals surface area (Å²) in [5, 5.41) is 5.21. The summed E-state index contributed by atoms with van der Waals surface area (Å²) in [5.41, 5.74) is -0.210. The van der Waals surface area contributed by atoms with Crippen molar-refractivity contribution in [1.82, 2.24) is 10.6 Å². The summed E-state index contributed by atoms with van der Waals surface area (Å²) in [6.45, 7) is 5.98. The van der Waals surface area contributed by atoms with Gasteiger partial charge in [-0.3, -0.25) is 0 Å². The molecule has 0 aromatic heterocycles. The van der Waals surface area contributed by atoms with Gasteiger partial charge in [0, 0.05) is 5.54 Å². The zero-order chi connectivity index (χ0) is 8.91. The van der Waals surface area contributed by atoms with Gasteiger partial charge in [-0.25, -0.2) is 4.79 Å². The second-order valence-electron chi connectivity index (χ2n) is 3.26. The third-order valence-electron chi connectivity index (χ3n) is 0.840. The Labute approximate surface area is 67.6 Å². The topological polar surface area (TPSA) is 41.1 Å². The first-order chi connectivity index (χ1) is 4.95. The molecule has 0 aliphatic carbocycles. The van der Waals surface area contributed by atoms with Crippen LogP contribution in [-0.4, -0.2) is 18.1 Å². The molecule has 0 bridgehead atoms. The molecule has 0 aromatic rings. The second kappa shape index (κ2) is 3.87. The minimum atomic E-state index is -0.226. The minimum absolute atomic E-state index is 0.210. The molecule has 0 saturated heterocycles. The lowest BCUT2D eigenvalue weighted by Gasteiger charge is -2.20. The Kier molecular flexibility index (Phi) is 3.46. The van der Waals surface area contributed by atoms with Crippen LogP contribution in [0.2, 0.25) is 0 Å². The number of carbonyl (C=O) groups excluding carboxylic acids is 1. The van der Waals surface area contributed by atoms with Crippen LogP contribution >= 0.6 is 0 Å². The highest BCUT2D eigenvalue weighted by molar-refractivity contribution is 5.74. The van der Waals surface area contributed by atoms with E-state index >= 15 is 0 Å². The van der Waals surface area contributed by atoms with E-state index in [9.17, 15) is 4.79 Å². The number of urea groups is 1. The van der Waals surface area contributed by atoms with Gasteiger partial charge in [-0.15, -0.1) is 6.42 Å². The molecule has 0 unspecified atom stereocenters. The van der Waals surface area contributed by atoms with Crippen molar-refractivity contribution in [3.05, 3.63) is 0 Å². The van der Waals surface area contributed by atoms with Crippen molar-refractivity contribution < 1.29 is 4.79 Å². The molecule has 0 aliphatic heterocycles. The van der Waals surface area contributed by atoms with Gasteiger partial charge in [0.1, 0.15) is 0 Å². The zero-order valence-corrected chi connectivity index (χ0v) is 7.19. The first kappa shape index (κ1) is 9.83. The van der Waals surface area contributed by atoms with Crippen LogP contribution in [0.4, 0.5) is 4.79 Å². The van der Waals surface area contributed by atoms with Gasteiger partial charge >= 0.3 is 6.03 Å². The number of hydrogen-bond donors (Lipinski definition) is 2. The maximum Gasteiger partial charge on any atom is 0.315 e. The van der Waals surface area contributed by atoms with E-state index in [-0.39, 0.29) is 18.1 Å². The molecule has 62 valence electrons. The van der Waals surface area contributed by atoms with Crippen LogP contribution in [0.3, 0.4) is 0 Å². The number of carbonyl (C=O) groups is 1. The Bertz CT molecular complexity index is 174. The molecule has 3 nitrogen and oxygen atoms in total. The monoisotopic (exact) mass is 154 g/mol. The standard InChI is InChI=1S/C8H14N2O/c1-5-6-9-7(11)10-8(2,3)4/h1H,6H2,2-4H3,(H2,9,10,11). The van der Waals surface area contributed by atoms with E-state index in [2.05, 4.69) is 16.6 Å². The van der Waals surface area contributed by atoms with Gasteiger partial charge in [0.2, 0.25) is 0 Å². The predicted octanol–water partition coefficient (Wildman–Crippen LogP) is 0.717. The van der Waals surface area contributed by atoms with E-state index < -0.39 is 0 Å². The van der Waals surface area contributed by atoms with E-state index in [4.69, 9.17) is 6.42 Å². The van der Waals surface area contributed by atoms with E-state index in [1.807, 2.05) is 20.8 Å². The average molecular weight is 154 g/mol. The van der Waals surface area contributed by atoms with E-state index in [1.54, 1.807) is 0 Å². The molecule has 2 amide bonds. The summed E-state index contributed by atoms with van der Waals surface area (Å²) in [6.07, 6.45) is 4.95. The lowest BCUT2D eigenvalue weighted by Crippen LogP contribution is -2.46. The molecule has 0 atom stereocenters. The molecule has 0 aliphatic rings. The first-order valence-corrected chi connectivity index (χ1v) is 3.45. The minimum Gasteiger partial charge on any atom is -0.334 e. The Hall–Kier alpha value is -1.17. The largest absolute Gasteiger partial charge is 0.334 e. The average Bonchev–Trinajstić information content (AvgIpc) is 1.79. The van der Waals surface area contributed by atoms with Crippen molar-refractivity contribution >= 4 is 6.03 Å². The van der Waals surface area contributed by atoms with Gasteiger partial charge in [-0.05, 0) is 20.8 Å². The van der Waals surface area contributed by atoms with Crippen molar-refractivity contribution in [3.63, 3.8) is 0 Å². The first-order valence-electron chi connectivity index (χ1n) is 3.45. The lowest BCUT2D eigenvalue weighted by molar-refractivity contribution is 0.233. The van der Waals surface area contributed by atoms with Crippen LogP contribution in [0.15, 0.2) is 0 Å². The molecule has 0 spiro atoms. The van der Waals surface area contributed by atoms with Crippen LogP contribution in [0, 0.1) is 12.3 Å². The van der Waals surface area contributed by atoms with Gasteiger partial charge in [0.15, 0.2) is 0 Å². The Morgan fingerprint density at radius 1 is 1.55 bits per heavy atom. The van der Waals surface area contributed by atoms with Crippen LogP contribution in [0.5, 0.6) is 0 Å². The maximum atomic E-state index is 10.9. The van der Waals surface area contributed by atoms with Crippen molar-refractivity contribution in [1.29, 1.82) is 0 Å². The smallest absolute Gasteiger partial charge is 0.315 e.